The lowest BCUT2D eigenvalue weighted by atomic mass is 10.1. The van der Waals surface area contributed by atoms with Crippen LogP contribution in [-0.4, -0.2) is 24.3 Å². The van der Waals surface area contributed by atoms with E-state index < -0.39 is 11.8 Å². The topological polar surface area (TPSA) is 114 Å². The molecule has 0 spiro atoms. The maximum atomic E-state index is 12.3. The Morgan fingerprint density at radius 1 is 0.929 bits per heavy atom. The van der Waals surface area contributed by atoms with Gasteiger partial charge in [-0.15, -0.1) is 0 Å². The van der Waals surface area contributed by atoms with E-state index in [1.54, 1.807) is 42.5 Å². The molecule has 0 radical (unpaired) electrons. The Hall–Kier alpha value is -3.81. The minimum absolute atomic E-state index is 0.169. The van der Waals surface area contributed by atoms with Crippen LogP contribution in [0.15, 0.2) is 63.8 Å². The molecule has 3 amide bonds. The molecule has 144 valence electrons. The second-order valence-corrected chi connectivity index (χ2v) is 6.00. The maximum absolute atomic E-state index is 12.3. The average Bonchev–Trinajstić information content (AvgIpc) is 3.40. The van der Waals surface area contributed by atoms with Crippen LogP contribution in [0.5, 0.6) is 0 Å². The van der Waals surface area contributed by atoms with Crippen molar-refractivity contribution in [1.29, 1.82) is 0 Å². The van der Waals surface area contributed by atoms with Crippen LogP contribution in [0.1, 0.15) is 32.2 Å². The zero-order valence-corrected chi connectivity index (χ0v) is 15.2. The molecule has 2 heterocycles. The number of benzene rings is 1. The van der Waals surface area contributed by atoms with Crippen molar-refractivity contribution in [3.05, 3.63) is 77.6 Å². The van der Waals surface area contributed by atoms with Crippen molar-refractivity contribution in [3.8, 4) is 0 Å². The third-order valence-electron chi connectivity index (χ3n) is 3.94. The van der Waals surface area contributed by atoms with E-state index in [0.717, 1.165) is 5.56 Å². The molecule has 0 aliphatic heterocycles. The summed E-state index contributed by atoms with van der Waals surface area (Å²) in [6.45, 7) is 1.87. The molecular formula is C20H19N3O5. The Labute approximate surface area is 160 Å². The highest BCUT2D eigenvalue weighted by atomic mass is 16.3. The van der Waals surface area contributed by atoms with E-state index in [4.69, 9.17) is 8.83 Å². The van der Waals surface area contributed by atoms with Crippen LogP contribution in [-0.2, 0) is 11.3 Å². The van der Waals surface area contributed by atoms with Crippen molar-refractivity contribution in [2.75, 3.05) is 11.9 Å². The monoisotopic (exact) mass is 381 g/mol. The molecule has 28 heavy (non-hydrogen) atoms. The Balaban J connectivity index is 1.56. The molecule has 0 saturated heterocycles. The highest BCUT2D eigenvalue weighted by Gasteiger charge is 2.13. The van der Waals surface area contributed by atoms with E-state index in [1.807, 2.05) is 6.92 Å². The lowest BCUT2D eigenvalue weighted by Gasteiger charge is -2.10. The second kappa shape index (κ2) is 8.72. The zero-order chi connectivity index (χ0) is 19.9. The summed E-state index contributed by atoms with van der Waals surface area (Å²) in [5.74, 6) is -0.398. The average molecular weight is 381 g/mol. The lowest BCUT2D eigenvalue weighted by molar-refractivity contribution is -0.120. The molecule has 8 heteroatoms. The van der Waals surface area contributed by atoms with Crippen LogP contribution in [0.3, 0.4) is 0 Å². The molecule has 0 unspecified atom stereocenters. The zero-order valence-electron chi connectivity index (χ0n) is 15.2. The van der Waals surface area contributed by atoms with Gasteiger partial charge in [0.05, 0.1) is 25.6 Å². The number of hydrogen-bond donors (Lipinski definition) is 3. The first kappa shape index (κ1) is 19.0. The van der Waals surface area contributed by atoms with E-state index >= 15 is 0 Å². The number of hydrogen-bond acceptors (Lipinski definition) is 5. The highest BCUT2D eigenvalue weighted by molar-refractivity contribution is 6.04. The Morgan fingerprint density at radius 2 is 1.71 bits per heavy atom. The fourth-order valence-electron chi connectivity index (χ4n) is 2.41. The molecular weight excluding hydrogens is 362 g/mol. The van der Waals surface area contributed by atoms with E-state index in [-0.39, 0.29) is 24.8 Å². The minimum atomic E-state index is -0.429. The number of amides is 3. The van der Waals surface area contributed by atoms with Crippen LogP contribution in [0, 0.1) is 6.92 Å². The Morgan fingerprint density at radius 3 is 2.43 bits per heavy atom. The second-order valence-electron chi connectivity index (χ2n) is 6.00. The molecule has 0 saturated carbocycles. The van der Waals surface area contributed by atoms with Gasteiger partial charge in [-0.2, -0.15) is 0 Å². The summed E-state index contributed by atoms with van der Waals surface area (Å²) in [6.07, 6.45) is 2.92. The SMILES string of the molecule is Cc1ccc(C(=O)NCC(=O)NCc2ccco2)cc1NC(=O)c1ccco1. The molecule has 1 aromatic carbocycles. The van der Waals surface area contributed by atoms with Crippen LogP contribution in [0.25, 0.3) is 0 Å². The van der Waals surface area contributed by atoms with Gasteiger partial charge in [0, 0.05) is 11.3 Å². The number of carbonyl (C=O) groups excluding carboxylic acids is 3. The summed E-state index contributed by atoms with van der Waals surface area (Å²) in [5.41, 5.74) is 1.59. The van der Waals surface area contributed by atoms with Crippen LogP contribution in [0.2, 0.25) is 0 Å². The summed E-state index contributed by atoms with van der Waals surface area (Å²) in [5, 5.41) is 7.89. The van der Waals surface area contributed by atoms with Gasteiger partial charge in [0.2, 0.25) is 5.91 Å². The van der Waals surface area contributed by atoms with Gasteiger partial charge in [-0.3, -0.25) is 14.4 Å². The number of anilines is 1. The number of aryl methyl sites for hydroxylation is 1. The van der Waals surface area contributed by atoms with Gasteiger partial charge < -0.3 is 24.8 Å². The first-order chi connectivity index (χ1) is 13.5. The summed E-state index contributed by atoms with van der Waals surface area (Å²) >= 11 is 0. The normalized spacial score (nSPS) is 10.3. The summed E-state index contributed by atoms with van der Waals surface area (Å²) in [4.78, 5) is 36.3. The standard InChI is InChI=1S/C20H19N3O5/c1-13-6-7-14(10-16(13)23-20(26)17-5-3-9-28-17)19(25)22-12-18(24)21-11-15-4-2-8-27-15/h2-10H,11-12H2,1H3,(H,21,24)(H,22,25)(H,23,26). The fraction of sp³-hybridized carbons (Fsp3) is 0.150. The Bertz CT molecular complexity index is 962. The van der Waals surface area contributed by atoms with Crippen LogP contribution >= 0.6 is 0 Å². The van der Waals surface area contributed by atoms with Crippen LogP contribution in [0.4, 0.5) is 5.69 Å². The maximum Gasteiger partial charge on any atom is 0.291 e. The number of carbonyl (C=O) groups is 3. The lowest BCUT2D eigenvalue weighted by Crippen LogP contribution is -2.36. The molecule has 8 nitrogen and oxygen atoms in total. The van der Waals surface area contributed by atoms with Crippen molar-refractivity contribution >= 4 is 23.4 Å². The van der Waals surface area contributed by atoms with Gasteiger partial charge >= 0.3 is 0 Å². The fourth-order valence-corrected chi connectivity index (χ4v) is 2.41. The molecule has 0 aliphatic carbocycles. The van der Waals surface area contributed by atoms with Gasteiger partial charge in [0.25, 0.3) is 11.8 Å². The summed E-state index contributed by atoms with van der Waals surface area (Å²) in [7, 11) is 0. The summed E-state index contributed by atoms with van der Waals surface area (Å²) < 4.78 is 10.2. The van der Waals surface area contributed by atoms with Crippen molar-refractivity contribution in [2.45, 2.75) is 13.5 Å². The van der Waals surface area contributed by atoms with Crippen molar-refractivity contribution < 1.29 is 23.2 Å². The van der Waals surface area contributed by atoms with Gasteiger partial charge in [-0.05, 0) is 48.9 Å². The molecule has 3 aromatic rings. The van der Waals surface area contributed by atoms with Crippen molar-refractivity contribution in [2.24, 2.45) is 0 Å². The quantitative estimate of drug-likeness (QED) is 0.582. The number of nitrogens with one attached hydrogen (secondary N) is 3. The largest absolute Gasteiger partial charge is 0.467 e. The number of rotatable bonds is 7. The first-order valence-corrected chi connectivity index (χ1v) is 8.55. The predicted molar refractivity (Wildman–Crippen MR) is 101 cm³/mol. The minimum Gasteiger partial charge on any atom is -0.467 e. The molecule has 0 fully saturated rings. The smallest absolute Gasteiger partial charge is 0.291 e. The van der Waals surface area contributed by atoms with E-state index in [9.17, 15) is 14.4 Å². The van der Waals surface area contributed by atoms with Crippen molar-refractivity contribution in [3.63, 3.8) is 0 Å². The third kappa shape index (κ3) is 4.88. The Kier molecular flexibility index (Phi) is 5.91. The highest BCUT2D eigenvalue weighted by Crippen LogP contribution is 2.18. The first-order valence-electron chi connectivity index (χ1n) is 8.55. The third-order valence-corrected chi connectivity index (χ3v) is 3.94. The van der Waals surface area contributed by atoms with Gasteiger partial charge in [-0.1, -0.05) is 6.07 Å². The van der Waals surface area contributed by atoms with Gasteiger partial charge in [0.15, 0.2) is 5.76 Å². The van der Waals surface area contributed by atoms with E-state index in [0.29, 0.717) is 17.0 Å². The molecule has 0 aliphatic rings. The van der Waals surface area contributed by atoms with Gasteiger partial charge in [-0.25, -0.2) is 0 Å². The van der Waals surface area contributed by atoms with Crippen molar-refractivity contribution in [1.82, 2.24) is 10.6 Å². The molecule has 3 rings (SSSR count). The van der Waals surface area contributed by atoms with Gasteiger partial charge in [0.1, 0.15) is 5.76 Å². The van der Waals surface area contributed by atoms with E-state index in [2.05, 4.69) is 16.0 Å². The number of furan rings is 2. The summed E-state index contributed by atoms with van der Waals surface area (Å²) in [6, 6.07) is 11.5. The van der Waals surface area contributed by atoms with Crippen LogP contribution < -0.4 is 16.0 Å². The van der Waals surface area contributed by atoms with E-state index in [1.165, 1.54) is 12.5 Å². The molecule has 0 atom stereocenters. The molecule has 0 bridgehead atoms. The predicted octanol–water partition coefficient (Wildman–Crippen LogP) is 2.48. The molecule has 3 N–H and O–H groups in total. The molecule has 2 aromatic heterocycles.